The molecule has 1 atom stereocenters. The molecule has 0 unspecified atom stereocenters. The highest BCUT2D eigenvalue weighted by Crippen LogP contribution is 1.95. The molecule has 0 radical (unpaired) electrons. The zero-order chi connectivity index (χ0) is 5.70. The standard InChI is InChI=1S/C5H11Br/c1-2-3-4-5-6/h2-5H2,1H3/i4D/t4-/m0/s1. The van der Waals surface area contributed by atoms with Gasteiger partial charge in [-0.2, -0.15) is 0 Å². The topological polar surface area (TPSA) is 0 Å². The molecule has 0 nitrogen and oxygen atoms in total. The Morgan fingerprint density at radius 3 is 2.67 bits per heavy atom. The first-order valence-electron chi connectivity index (χ1n) is 2.87. The van der Waals surface area contributed by atoms with E-state index in [-0.39, 0.29) is 6.40 Å². The van der Waals surface area contributed by atoms with E-state index < -0.39 is 0 Å². The van der Waals surface area contributed by atoms with Crippen LogP contribution in [0.25, 0.3) is 0 Å². The summed E-state index contributed by atoms with van der Waals surface area (Å²) in [5, 5.41) is 0.820. The van der Waals surface area contributed by atoms with Gasteiger partial charge in [0.05, 0.1) is 0 Å². The average molecular weight is 152 g/mol. The predicted octanol–water partition coefficient (Wildman–Crippen LogP) is 2.57. The maximum atomic E-state index is 7.17. The van der Waals surface area contributed by atoms with Crippen molar-refractivity contribution in [3.63, 3.8) is 0 Å². The van der Waals surface area contributed by atoms with Gasteiger partial charge in [-0.25, -0.2) is 0 Å². The van der Waals surface area contributed by atoms with Crippen molar-refractivity contribution >= 4 is 15.9 Å². The second-order valence-electron chi connectivity index (χ2n) is 1.23. The van der Waals surface area contributed by atoms with Crippen LogP contribution in [-0.4, -0.2) is 5.33 Å². The van der Waals surface area contributed by atoms with E-state index in [1.165, 1.54) is 0 Å². The van der Waals surface area contributed by atoms with E-state index in [0.29, 0.717) is 0 Å². The molecule has 0 amide bonds. The Morgan fingerprint density at radius 2 is 2.50 bits per heavy atom. The van der Waals surface area contributed by atoms with E-state index in [0.717, 1.165) is 18.2 Å². The lowest BCUT2D eigenvalue weighted by atomic mass is 10.3. The molecular formula is C5H11Br. The maximum Gasteiger partial charge on any atom is 0.0275 e. The first-order valence-corrected chi connectivity index (χ1v) is 3.41. The molecule has 0 rings (SSSR count). The third-order valence-corrected chi connectivity index (χ3v) is 1.06. The van der Waals surface area contributed by atoms with Gasteiger partial charge in [0.1, 0.15) is 0 Å². The molecule has 38 valence electrons. The number of hydrogen-bond acceptors (Lipinski definition) is 0. The molecule has 0 saturated carbocycles. The lowest BCUT2D eigenvalue weighted by molar-refractivity contribution is 0.781. The van der Waals surface area contributed by atoms with Crippen molar-refractivity contribution in [1.82, 2.24) is 0 Å². The summed E-state index contributed by atoms with van der Waals surface area (Å²) in [6.45, 7) is 2.10. The third kappa shape index (κ3) is 4.48. The van der Waals surface area contributed by atoms with Gasteiger partial charge in [-0.05, 0) is 6.40 Å². The Bertz CT molecular complexity index is 39.1. The second-order valence-corrected chi connectivity index (χ2v) is 1.88. The largest absolute Gasteiger partial charge is 0.0928 e. The van der Waals surface area contributed by atoms with Crippen molar-refractivity contribution in [2.24, 2.45) is 0 Å². The summed E-state index contributed by atoms with van der Waals surface area (Å²) in [4.78, 5) is 0. The Kier molecular flexibility index (Phi) is 4.23. The number of alkyl halides is 1. The van der Waals surface area contributed by atoms with Crippen LogP contribution in [0, 0.1) is 0 Å². The van der Waals surface area contributed by atoms with Crippen molar-refractivity contribution in [3.05, 3.63) is 0 Å². The highest BCUT2D eigenvalue weighted by atomic mass is 79.9. The Balaban J connectivity index is 2.83. The second kappa shape index (κ2) is 5.48. The molecule has 0 aromatic rings. The third-order valence-electron chi connectivity index (χ3n) is 0.602. The van der Waals surface area contributed by atoms with Crippen LogP contribution in [0.4, 0.5) is 0 Å². The summed E-state index contributed by atoms with van der Waals surface area (Å²) < 4.78 is 7.17. The van der Waals surface area contributed by atoms with Gasteiger partial charge in [0, 0.05) is 6.70 Å². The highest BCUT2D eigenvalue weighted by molar-refractivity contribution is 9.09. The molecule has 6 heavy (non-hydrogen) atoms. The van der Waals surface area contributed by atoms with Crippen LogP contribution in [0.1, 0.15) is 27.5 Å². The van der Waals surface area contributed by atoms with Crippen molar-refractivity contribution in [2.75, 3.05) is 5.33 Å². The van der Waals surface area contributed by atoms with Crippen molar-refractivity contribution < 1.29 is 1.37 Å². The zero-order valence-corrected chi connectivity index (χ0v) is 5.66. The van der Waals surface area contributed by atoms with Gasteiger partial charge in [-0.3, -0.25) is 0 Å². The van der Waals surface area contributed by atoms with Gasteiger partial charge in [0.25, 0.3) is 0 Å². The number of rotatable bonds is 3. The minimum absolute atomic E-state index is 0.116. The van der Waals surface area contributed by atoms with Crippen LogP contribution in [0.3, 0.4) is 0 Å². The van der Waals surface area contributed by atoms with E-state index in [1.54, 1.807) is 0 Å². The molecule has 0 heterocycles. The number of hydrogen-bond donors (Lipinski definition) is 0. The van der Waals surface area contributed by atoms with Crippen LogP contribution in [0.2, 0.25) is 0 Å². The van der Waals surface area contributed by atoms with Gasteiger partial charge < -0.3 is 0 Å². The smallest absolute Gasteiger partial charge is 0.0275 e. The van der Waals surface area contributed by atoms with Crippen LogP contribution in [0.5, 0.6) is 0 Å². The lowest BCUT2D eigenvalue weighted by Gasteiger charge is -1.85. The molecule has 0 fully saturated rings. The summed E-state index contributed by atoms with van der Waals surface area (Å²) in [6.07, 6.45) is 2.26. The predicted molar refractivity (Wildman–Crippen MR) is 33.3 cm³/mol. The fourth-order valence-electron chi connectivity index (χ4n) is 0.281. The van der Waals surface area contributed by atoms with E-state index in [9.17, 15) is 0 Å². The molecule has 0 spiro atoms. The minimum atomic E-state index is 0.116. The van der Waals surface area contributed by atoms with E-state index in [2.05, 4.69) is 22.9 Å². The molecule has 0 bridgehead atoms. The SMILES string of the molecule is [2H][C@H](CBr)CCC. The Morgan fingerprint density at radius 1 is 1.83 bits per heavy atom. The fraction of sp³-hybridized carbons (Fsp3) is 1.00. The number of halogens is 1. The van der Waals surface area contributed by atoms with Crippen molar-refractivity contribution in [2.45, 2.75) is 26.2 Å². The average Bonchev–Trinajstić information content (AvgIpc) is 1.68. The van der Waals surface area contributed by atoms with Gasteiger partial charge in [0.15, 0.2) is 0 Å². The van der Waals surface area contributed by atoms with Gasteiger partial charge in [-0.1, -0.05) is 35.7 Å². The lowest BCUT2D eigenvalue weighted by Crippen LogP contribution is -1.70. The first-order chi connectivity index (χ1) is 3.31. The molecule has 0 aliphatic rings. The van der Waals surface area contributed by atoms with E-state index >= 15 is 0 Å². The Hall–Kier alpha value is 0.480. The molecule has 1 heteroatoms. The quantitative estimate of drug-likeness (QED) is 0.545. The van der Waals surface area contributed by atoms with Crippen LogP contribution >= 0.6 is 15.9 Å². The molecular weight excluding hydrogens is 140 g/mol. The summed E-state index contributed by atoms with van der Waals surface area (Å²) in [6, 6.07) is 0. The van der Waals surface area contributed by atoms with Crippen LogP contribution in [0.15, 0.2) is 0 Å². The molecule has 0 aromatic heterocycles. The molecule has 0 saturated heterocycles. The first kappa shape index (κ1) is 4.63. The van der Waals surface area contributed by atoms with E-state index in [1.807, 2.05) is 0 Å². The zero-order valence-electron chi connectivity index (χ0n) is 5.08. The molecule has 0 N–H and O–H groups in total. The summed E-state index contributed by atoms with van der Waals surface area (Å²) in [5.41, 5.74) is 0. The summed E-state index contributed by atoms with van der Waals surface area (Å²) >= 11 is 3.23. The minimum Gasteiger partial charge on any atom is -0.0928 e. The summed E-state index contributed by atoms with van der Waals surface area (Å²) in [5.74, 6) is 0. The monoisotopic (exact) mass is 151 g/mol. The normalized spacial score (nSPS) is 16.7. The van der Waals surface area contributed by atoms with Crippen molar-refractivity contribution in [1.29, 1.82) is 0 Å². The van der Waals surface area contributed by atoms with Crippen LogP contribution in [-0.2, 0) is 0 Å². The molecule has 0 aromatic carbocycles. The summed E-state index contributed by atoms with van der Waals surface area (Å²) in [7, 11) is 0. The maximum absolute atomic E-state index is 7.17. The van der Waals surface area contributed by atoms with E-state index in [4.69, 9.17) is 1.37 Å². The highest BCUT2D eigenvalue weighted by Gasteiger charge is 1.76. The van der Waals surface area contributed by atoms with Crippen LogP contribution < -0.4 is 0 Å². The fourth-order valence-corrected chi connectivity index (χ4v) is 0.605. The van der Waals surface area contributed by atoms with Gasteiger partial charge >= 0.3 is 0 Å². The van der Waals surface area contributed by atoms with Gasteiger partial charge in [-0.15, -0.1) is 0 Å². The van der Waals surface area contributed by atoms with Gasteiger partial charge in [0.2, 0.25) is 0 Å². The Labute approximate surface area is 49.5 Å². The molecule has 0 aliphatic heterocycles. The molecule has 0 aliphatic carbocycles. The van der Waals surface area contributed by atoms with Crippen molar-refractivity contribution in [3.8, 4) is 0 Å².